The number of nitrogen functional groups attached to an aromatic ring is 1. The Labute approximate surface area is 188 Å². The van der Waals surface area contributed by atoms with E-state index in [1.54, 1.807) is 31.2 Å². The Hall–Kier alpha value is -4.21. The second kappa shape index (κ2) is 9.94. The first-order valence-corrected chi connectivity index (χ1v) is 10.2. The van der Waals surface area contributed by atoms with Crippen LogP contribution in [0.5, 0.6) is 0 Å². The molecule has 0 aliphatic rings. The lowest BCUT2D eigenvalue weighted by atomic mass is 10.1. The highest BCUT2D eigenvalue weighted by Crippen LogP contribution is 2.20. The van der Waals surface area contributed by atoms with Crippen molar-refractivity contribution in [2.45, 2.75) is 26.9 Å². The first-order chi connectivity index (χ1) is 15.7. The Bertz CT molecular complexity index is 1310. The van der Waals surface area contributed by atoms with Crippen molar-refractivity contribution in [1.82, 2.24) is 9.13 Å². The van der Waals surface area contributed by atoms with Crippen molar-refractivity contribution in [3.05, 3.63) is 86.3 Å². The fourth-order valence-electron chi connectivity index (χ4n) is 3.38. The van der Waals surface area contributed by atoms with Crippen LogP contribution in [0.15, 0.2) is 58.1 Å². The molecule has 0 aliphatic carbocycles. The predicted molar refractivity (Wildman–Crippen MR) is 124 cm³/mol. The number of aromatic nitrogens is 2. The number of rotatable bonds is 8. The van der Waals surface area contributed by atoms with Crippen LogP contribution in [0.3, 0.4) is 0 Å². The lowest BCUT2D eigenvalue weighted by Crippen LogP contribution is -2.44. The Balaban J connectivity index is 1.95. The van der Waals surface area contributed by atoms with Gasteiger partial charge in [-0.25, -0.2) is 9.18 Å². The van der Waals surface area contributed by atoms with Crippen LogP contribution in [0.1, 0.15) is 29.8 Å². The summed E-state index contributed by atoms with van der Waals surface area (Å²) in [6.07, 6.45) is 0. The summed E-state index contributed by atoms with van der Waals surface area (Å²) in [5.41, 5.74) is 5.40. The van der Waals surface area contributed by atoms with Crippen LogP contribution in [-0.2, 0) is 17.9 Å². The van der Waals surface area contributed by atoms with Gasteiger partial charge in [-0.2, -0.15) is 0 Å². The first kappa shape index (κ1) is 23.5. The van der Waals surface area contributed by atoms with E-state index in [4.69, 9.17) is 5.73 Å². The summed E-state index contributed by atoms with van der Waals surface area (Å²) in [5.74, 6) is -1.94. The molecule has 4 N–H and O–H groups in total. The highest BCUT2D eigenvalue weighted by atomic mass is 19.1. The predicted octanol–water partition coefficient (Wildman–Crippen LogP) is 2.05. The molecule has 0 spiro atoms. The van der Waals surface area contributed by atoms with Gasteiger partial charge >= 0.3 is 5.69 Å². The van der Waals surface area contributed by atoms with Crippen LogP contribution in [0.4, 0.5) is 21.6 Å². The number of hydrogen-bond acceptors (Lipinski definition) is 6. The number of carbonyl (C=O) groups excluding carboxylic acids is 2. The van der Waals surface area contributed by atoms with Crippen LogP contribution in [0.25, 0.3) is 0 Å². The molecule has 1 aromatic heterocycles. The van der Waals surface area contributed by atoms with E-state index in [2.05, 4.69) is 10.6 Å². The fraction of sp³-hybridized carbons (Fsp3) is 0.217. The lowest BCUT2D eigenvalue weighted by Gasteiger charge is -2.16. The maximum Gasteiger partial charge on any atom is 0.332 e. The minimum Gasteiger partial charge on any atom is -0.384 e. The molecule has 0 atom stereocenters. The van der Waals surface area contributed by atoms with Gasteiger partial charge in [-0.1, -0.05) is 30.3 Å². The van der Waals surface area contributed by atoms with Gasteiger partial charge in [0.15, 0.2) is 5.78 Å². The molecule has 1 heterocycles. The summed E-state index contributed by atoms with van der Waals surface area (Å²) in [6.45, 7) is 2.60. The summed E-state index contributed by atoms with van der Waals surface area (Å²) in [4.78, 5) is 49.8. The number of carbonyl (C=O) groups is 2. The van der Waals surface area contributed by atoms with E-state index >= 15 is 0 Å². The number of Topliss-reactive ketones (excluding diaryl/α,β-unsaturated/α-hetero) is 1. The minimum atomic E-state index is -0.802. The Morgan fingerprint density at radius 1 is 1.06 bits per heavy atom. The van der Waals surface area contributed by atoms with Crippen LogP contribution in [-0.4, -0.2) is 27.4 Å². The number of amides is 1. The van der Waals surface area contributed by atoms with E-state index in [1.807, 2.05) is 6.07 Å². The van der Waals surface area contributed by atoms with Crippen molar-refractivity contribution < 1.29 is 14.0 Å². The van der Waals surface area contributed by atoms with Crippen molar-refractivity contribution in [2.75, 3.05) is 22.9 Å². The zero-order chi connectivity index (χ0) is 24.1. The molecule has 0 bridgehead atoms. The maximum atomic E-state index is 14.2. The van der Waals surface area contributed by atoms with Crippen LogP contribution in [0.2, 0.25) is 0 Å². The van der Waals surface area contributed by atoms with Crippen molar-refractivity contribution in [1.29, 1.82) is 0 Å². The van der Waals surface area contributed by atoms with Crippen molar-refractivity contribution in [3.8, 4) is 0 Å². The molecule has 33 heavy (non-hydrogen) atoms. The van der Waals surface area contributed by atoms with Crippen molar-refractivity contribution in [2.24, 2.45) is 0 Å². The average molecular weight is 453 g/mol. The van der Waals surface area contributed by atoms with Crippen molar-refractivity contribution >= 4 is 28.9 Å². The summed E-state index contributed by atoms with van der Waals surface area (Å²) < 4.78 is 16.3. The summed E-state index contributed by atoms with van der Waals surface area (Å²) >= 11 is 0. The molecule has 0 radical (unpaired) electrons. The van der Waals surface area contributed by atoms with E-state index < -0.39 is 29.4 Å². The average Bonchev–Trinajstić information content (AvgIpc) is 2.77. The zero-order valence-electron chi connectivity index (χ0n) is 18.2. The molecular weight excluding hydrogens is 429 g/mol. The number of anilines is 3. The third kappa shape index (κ3) is 5.17. The Morgan fingerprint density at radius 3 is 2.39 bits per heavy atom. The van der Waals surface area contributed by atoms with Gasteiger partial charge in [0.1, 0.15) is 17.2 Å². The highest BCUT2D eigenvalue weighted by molar-refractivity contribution is 6.02. The molecule has 0 aliphatic heterocycles. The van der Waals surface area contributed by atoms with Gasteiger partial charge in [-0.15, -0.1) is 0 Å². The number of nitrogens with zero attached hydrogens (tertiary/aromatic N) is 2. The largest absolute Gasteiger partial charge is 0.384 e. The van der Waals surface area contributed by atoms with E-state index in [0.717, 1.165) is 16.2 Å². The number of ketones is 1. The van der Waals surface area contributed by atoms with Gasteiger partial charge in [0.05, 0.1) is 18.8 Å². The minimum absolute atomic E-state index is 0.0402. The second-order valence-electron chi connectivity index (χ2n) is 7.32. The van der Waals surface area contributed by atoms with Crippen LogP contribution >= 0.6 is 0 Å². The molecule has 0 unspecified atom stereocenters. The SMILES string of the molecule is CCn1c(=O)c(C(=O)CNc2cc(NC(C)=O)ccc2F)c(N)n(Cc2ccccc2)c1=O. The zero-order valence-corrected chi connectivity index (χ0v) is 18.2. The van der Waals surface area contributed by atoms with Crippen LogP contribution < -0.4 is 27.6 Å². The lowest BCUT2D eigenvalue weighted by molar-refractivity contribution is -0.114. The summed E-state index contributed by atoms with van der Waals surface area (Å²) in [5, 5.41) is 5.15. The molecule has 9 nitrogen and oxygen atoms in total. The number of benzene rings is 2. The van der Waals surface area contributed by atoms with Crippen molar-refractivity contribution in [3.63, 3.8) is 0 Å². The van der Waals surface area contributed by atoms with E-state index in [-0.39, 0.29) is 36.1 Å². The monoisotopic (exact) mass is 453 g/mol. The van der Waals surface area contributed by atoms with Crippen LogP contribution in [0, 0.1) is 5.82 Å². The molecule has 172 valence electrons. The third-order valence-corrected chi connectivity index (χ3v) is 4.97. The normalized spacial score (nSPS) is 10.6. The van der Waals surface area contributed by atoms with Gasteiger partial charge in [-0.05, 0) is 30.7 Å². The third-order valence-electron chi connectivity index (χ3n) is 4.97. The molecule has 3 rings (SSSR count). The number of halogens is 1. The quantitative estimate of drug-likeness (QED) is 0.448. The Morgan fingerprint density at radius 2 is 1.76 bits per heavy atom. The number of nitrogens with two attached hydrogens (primary N) is 1. The van der Waals surface area contributed by atoms with Gasteiger partial charge in [-0.3, -0.25) is 23.5 Å². The van der Waals surface area contributed by atoms with Gasteiger partial charge in [0.2, 0.25) is 5.91 Å². The molecule has 1 amide bonds. The topological polar surface area (TPSA) is 128 Å². The molecular formula is C23H24FN5O4. The van der Waals surface area contributed by atoms with E-state index in [9.17, 15) is 23.6 Å². The van der Waals surface area contributed by atoms with Gasteiger partial charge < -0.3 is 16.4 Å². The fourth-order valence-corrected chi connectivity index (χ4v) is 3.38. The smallest absolute Gasteiger partial charge is 0.332 e. The number of nitrogens with one attached hydrogen (secondary N) is 2. The summed E-state index contributed by atoms with van der Waals surface area (Å²) in [6, 6.07) is 12.8. The molecule has 0 saturated carbocycles. The van der Waals surface area contributed by atoms with E-state index in [1.165, 1.54) is 23.6 Å². The number of hydrogen-bond donors (Lipinski definition) is 3. The summed E-state index contributed by atoms with van der Waals surface area (Å²) in [7, 11) is 0. The first-order valence-electron chi connectivity index (χ1n) is 10.2. The molecule has 0 fully saturated rings. The molecule has 0 saturated heterocycles. The van der Waals surface area contributed by atoms with Gasteiger partial charge in [0.25, 0.3) is 5.56 Å². The molecule has 3 aromatic rings. The second-order valence-corrected chi connectivity index (χ2v) is 7.32. The van der Waals surface area contributed by atoms with Gasteiger partial charge in [0, 0.05) is 19.2 Å². The Kier molecular flexibility index (Phi) is 7.07. The highest BCUT2D eigenvalue weighted by Gasteiger charge is 2.22. The standard InChI is InChI=1S/C23H24FN5O4/c1-3-28-22(32)20(21(25)29(23(28)33)13-15-7-5-4-6-8-15)19(31)12-26-18-11-16(27-14(2)30)9-10-17(18)24/h4-11,26H,3,12-13,25H2,1-2H3,(H,27,30). The van der Waals surface area contributed by atoms with E-state index in [0.29, 0.717) is 5.69 Å². The maximum absolute atomic E-state index is 14.2. The molecule has 2 aromatic carbocycles. The molecule has 10 heteroatoms.